The van der Waals surface area contributed by atoms with Gasteiger partial charge in [-0.2, -0.15) is 18.3 Å². The van der Waals surface area contributed by atoms with Crippen molar-refractivity contribution in [1.29, 1.82) is 0 Å². The first-order valence-electron chi connectivity index (χ1n) is 5.12. The summed E-state index contributed by atoms with van der Waals surface area (Å²) in [6.45, 7) is 0. The molecule has 0 spiro atoms. The van der Waals surface area contributed by atoms with Crippen LogP contribution >= 0.6 is 0 Å². The van der Waals surface area contributed by atoms with Crippen molar-refractivity contribution >= 4 is 5.95 Å². The summed E-state index contributed by atoms with van der Waals surface area (Å²) in [4.78, 5) is 3.74. The molecule has 0 saturated heterocycles. The van der Waals surface area contributed by atoms with Crippen LogP contribution in [-0.4, -0.2) is 22.3 Å². The highest BCUT2D eigenvalue weighted by Gasteiger charge is 2.34. The van der Waals surface area contributed by atoms with Crippen LogP contribution in [0.5, 0.6) is 5.75 Å². The molecule has 1 aromatic heterocycles. The molecular formula is C11H9F3N4O. The highest BCUT2D eigenvalue weighted by Crippen LogP contribution is 2.38. The summed E-state index contributed by atoms with van der Waals surface area (Å²) >= 11 is 0. The van der Waals surface area contributed by atoms with Gasteiger partial charge in [-0.05, 0) is 18.2 Å². The Balaban J connectivity index is 2.63. The number of halogens is 3. The SMILES string of the molecule is COc1ccc(-c2cnnc(N)n2)c(C(F)(F)F)c1. The van der Waals surface area contributed by atoms with Crippen LogP contribution in [0.25, 0.3) is 11.3 Å². The van der Waals surface area contributed by atoms with E-state index in [-0.39, 0.29) is 23.0 Å². The summed E-state index contributed by atoms with van der Waals surface area (Å²) in [5.41, 5.74) is 4.32. The molecule has 5 nitrogen and oxygen atoms in total. The van der Waals surface area contributed by atoms with Gasteiger partial charge < -0.3 is 10.5 Å². The van der Waals surface area contributed by atoms with Gasteiger partial charge in [0.1, 0.15) is 5.75 Å². The largest absolute Gasteiger partial charge is 0.497 e. The maximum atomic E-state index is 13.0. The van der Waals surface area contributed by atoms with Gasteiger partial charge in [-0.1, -0.05) is 0 Å². The number of hydrogen-bond donors (Lipinski definition) is 1. The molecule has 0 bridgehead atoms. The molecule has 0 amide bonds. The van der Waals surface area contributed by atoms with Crippen LogP contribution in [0, 0.1) is 0 Å². The van der Waals surface area contributed by atoms with Gasteiger partial charge in [0.25, 0.3) is 0 Å². The molecule has 0 saturated carbocycles. The van der Waals surface area contributed by atoms with Crippen LogP contribution in [0.4, 0.5) is 19.1 Å². The van der Waals surface area contributed by atoms with Crippen molar-refractivity contribution in [3.8, 4) is 17.0 Å². The van der Waals surface area contributed by atoms with Crippen molar-refractivity contribution in [2.45, 2.75) is 6.18 Å². The van der Waals surface area contributed by atoms with Gasteiger partial charge in [0.2, 0.25) is 5.95 Å². The molecule has 0 atom stereocenters. The number of methoxy groups -OCH3 is 1. The van der Waals surface area contributed by atoms with E-state index >= 15 is 0 Å². The lowest BCUT2D eigenvalue weighted by molar-refractivity contribution is -0.137. The number of nitrogen functional groups attached to an aromatic ring is 1. The molecule has 8 heteroatoms. The van der Waals surface area contributed by atoms with Crippen molar-refractivity contribution in [1.82, 2.24) is 15.2 Å². The molecule has 19 heavy (non-hydrogen) atoms. The van der Waals surface area contributed by atoms with Gasteiger partial charge in [-0.3, -0.25) is 0 Å². The number of rotatable bonds is 2. The van der Waals surface area contributed by atoms with Crippen LogP contribution in [-0.2, 0) is 6.18 Å². The van der Waals surface area contributed by atoms with Crippen LogP contribution in [0.3, 0.4) is 0 Å². The lowest BCUT2D eigenvalue weighted by atomic mass is 10.0. The van der Waals surface area contributed by atoms with Gasteiger partial charge in [0, 0.05) is 5.56 Å². The molecule has 0 unspecified atom stereocenters. The topological polar surface area (TPSA) is 73.9 Å². The Bertz CT molecular complexity index is 601. The second kappa shape index (κ2) is 4.71. The van der Waals surface area contributed by atoms with E-state index < -0.39 is 11.7 Å². The Hall–Kier alpha value is -2.38. The van der Waals surface area contributed by atoms with Crippen molar-refractivity contribution in [3.05, 3.63) is 30.0 Å². The van der Waals surface area contributed by atoms with Crippen LogP contribution in [0.1, 0.15) is 5.56 Å². The fourth-order valence-corrected chi connectivity index (χ4v) is 1.56. The number of anilines is 1. The van der Waals surface area contributed by atoms with E-state index in [0.717, 1.165) is 12.3 Å². The number of nitrogens with zero attached hydrogens (tertiary/aromatic N) is 3. The zero-order chi connectivity index (χ0) is 14.0. The van der Waals surface area contributed by atoms with Crippen molar-refractivity contribution in [3.63, 3.8) is 0 Å². The third kappa shape index (κ3) is 2.72. The van der Waals surface area contributed by atoms with Crippen LogP contribution in [0.2, 0.25) is 0 Å². The Morgan fingerprint density at radius 3 is 2.58 bits per heavy atom. The fraction of sp³-hybridized carbons (Fsp3) is 0.182. The molecular weight excluding hydrogens is 261 g/mol. The normalized spacial score (nSPS) is 11.4. The summed E-state index contributed by atoms with van der Waals surface area (Å²) in [5.74, 6) is -0.0903. The number of aromatic nitrogens is 3. The second-order valence-electron chi connectivity index (χ2n) is 3.61. The van der Waals surface area contributed by atoms with Crippen LogP contribution in [0.15, 0.2) is 24.4 Å². The van der Waals surface area contributed by atoms with E-state index in [9.17, 15) is 13.2 Å². The fourth-order valence-electron chi connectivity index (χ4n) is 1.56. The molecule has 1 aromatic carbocycles. The standard InChI is InChI=1S/C11H9F3N4O/c1-19-6-2-3-7(8(4-6)11(12,13)14)9-5-16-18-10(15)17-9/h2-5H,1H3,(H2,15,17,18). The minimum absolute atomic E-state index is 0.00229. The Kier molecular flexibility index (Phi) is 3.24. The van der Waals surface area contributed by atoms with E-state index in [2.05, 4.69) is 15.2 Å². The maximum Gasteiger partial charge on any atom is 0.417 e. The highest BCUT2D eigenvalue weighted by atomic mass is 19.4. The van der Waals surface area contributed by atoms with Crippen molar-refractivity contribution in [2.24, 2.45) is 0 Å². The highest BCUT2D eigenvalue weighted by molar-refractivity contribution is 5.65. The first-order chi connectivity index (χ1) is 8.91. The lowest BCUT2D eigenvalue weighted by Gasteiger charge is -2.13. The van der Waals surface area contributed by atoms with E-state index in [1.165, 1.54) is 19.2 Å². The number of benzene rings is 1. The summed E-state index contributed by atoms with van der Waals surface area (Å²) in [7, 11) is 1.29. The van der Waals surface area contributed by atoms with Gasteiger partial charge >= 0.3 is 6.18 Å². The number of ether oxygens (including phenoxy) is 1. The molecule has 2 N–H and O–H groups in total. The summed E-state index contributed by atoms with van der Waals surface area (Å²) in [6, 6.07) is 3.56. The van der Waals surface area contributed by atoms with Crippen LogP contribution < -0.4 is 10.5 Å². The van der Waals surface area contributed by atoms with E-state index in [1.807, 2.05) is 0 Å². The predicted octanol–water partition coefficient (Wildman–Crippen LogP) is 2.15. The van der Waals surface area contributed by atoms with E-state index in [4.69, 9.17) is 10.5 Å². The smallest absolute Gasteiger partial charge is 0.417 e. The summed E-state index contributed by atoms with van der Waals surface area (Å²) in [6.07, 6.45) is -3.42. The molecule has 2 rings (SSSR count). The lowest BCUT2D eigenvalue weighted by Crippen LogP contribution is -2.09. The molecule has 0 fully saturated rings. The van der Waals surface area contributed by atoms with Gasteiger partial charge in [0.15, 0.2) is 0 Å². The molecule has 0 radical (unpaired) electrons. The number of nitrogens with two attached hydrogens (primary N) is 1. The third-order valence-electron chi connectivity index (χ3n) is 2.38. The Morgan fingerprint density at radius 2 is 2.00 bits per heavy atom. The van der Waals surface area contributed by atoms with Crippen molar-refractivity contribution < 1.29 is 17.9 Å². The molecule has 1 heterocycles. The first-order valence-corrected chi connectivity index (χ1v) is 5.12. The first kappa shape index (κ1) is 13.1. The third-order valence-corrected chi connectivity index (χ3v) is 2.38. The number of alkyl halides is 3. The molecule has 0 aliphatic carbocycles. The summed E-state index contributed by atoms with van der Waals surface area (Å²) in [5, 5.41) is 6.89. The van der Waals surface area contributed by atoms with Crippen molar-refractivity contribution in [2.75, 3.05) is 12.8 Å². The monoisotopic (exact) mass is 270 g/mol. The molecule has 0 aliphatic rings. The minimum atomic E-state index is -4.54. The maximum absolute atomic E-state index is 13.0. The summed E-state index contributed by atoms with van der Waals surface area (Å²) < 4.78 is 43.8. The minimum Gasteiger partial charge on any atom is -0.497 e. The van der Waals surface area contributed by atoms with Gasteiger partial charge in [-0.15, -0.1) is 5.10 Å². The second-order valence-corrected chi connectivity index (χ2v) is 3.61. The zero-order valence-electron chi connectivity index (χ0n) is 9.77. The average Bonchev–Trinajstić information content (AvgIpc) is 2.37. The van der Waals surface area contributed by atoms with E-state index in [0.29, 0.717) is 0 Å². The number of hydrogen-bond acceptors (Lipinski definition) is 5. The van der Waals surface area contributed by atoms with Gasteiger partial charge in [0.05, 0.1) is 24.6 Å². The molecule has 100 valence electrons. The zero-order valence-corrected chi connectivity index (χ0v) is 9.77. The quantitative estimate of drug-likeness (QED) is 0.905. The van der Waals surface area contributed by atoms with Gasteiger partial charge in [-0.25, -0.2) is 4.98 Å². The molecule has 0 aliphatic heterocycles. The average molecular weight is 270 g/mol. The molecule has 2 aromatic rings. The van der Waals surface area contributed by atoms with E-state index in [1.54, 1.807) is 0 Å². The Morgan fingerprint density at radius 1 is 1.26 bits per heavy atom. The predicted molar refractivity (Wildman–Crippen MR) is 61.2 cm³/mol. The Labute approximate surface area is 106 Å².